The first kappa shape index (κ1) is 16.7. The van der Waals surface area contributed by atoms with Crippen molar-refractivity contribution in [3.05, 3.63) is 65.1 Å². The second-order valence-corrected chi connectivity index (χ2v) is 5.87. The highest BCUT2D eigenvalue weighted by Crippen LogP contribution is 2.26. The van der Waals surface area contributed by atoms with Gasteiger partial charge >= 0.3 is 0 Å². The molecule has 0 saturated carbocycles. The minimum Gasteiger partial charge on any atom is -0.496 e. The average molecular weight is 336 g/mol. The first-order valence-electron chi connectivity index (χ1n) is 7.93. The Kier molecular flexibility index (Phi) is 4.52. The lowest BCUT2D eigenvalue weighted by molar-refractivity contribution is 0.100. The van der Waals surface area contributed by atoms with Gasteiger partial charge in [0.15, 0.2) is 0 Å². The lowest BCUT2D eigenvalue weighted by atomic mass is 10.1. The molecule has 0 radical (unpaired) electrons. The quantitative estimate of drug-likeness (QED) is 0.776. The molecule has 0 aliphatic rings. The lowest BCUT2D eigenvalue weighted by Gasteiger charge is -2.12. The fourth-order valence-corrected chi connectivity index (χ4v) is 2.88. The molecule has 2 aromatic heterocycles. The summed E-state index contributed by atoms with van der Waals surface area (Å²) in [7, 11) is 1.64. The Morgan fingerprint density at radius 1 is 1.24 bits per heavy atom. The first-order chi connectivity index (χ1) is 12.0. The summed E-state index contributed by atoms with van der Waals surface area (Å²) in [5, 5.41) is 4.55. The van der Waals surface area contributed by atoms with E-state index >= 15 is 0 Å². The number of carbonyl (C=O) groups excluding carboxylic acids is 1. The molecule has 0 spiro atoms. The van der Waals surface area contributed by atoms with Gasteiger partial charge in [0.2, 0.25) is 0 Å². The molecule has 2 N–H and O–H groups in total. The highest BCUT2D eigenvalue weighted by Gasteiger charge is 2.17. The molecule has 1 amide bonds. The smallest absolute Gasteiger partial charge is 0.252 e. The van der Waals surface area contributed by atoms with Crippen LogP contribution in [0.3, 0.4) is 0 Å². The Hall–Kier alpha value is -3.15. The number of methoxy groups -OCH3 is 1. The second-order valence-electron chi connectivity index (χ2n) is 5.87. The van der Waals surface area contributed by atoms with E-state index in [1.54, 1.807) is 24.2 Å². The van der Waals surface area contributed by atoms with Gasteiger partial charge in [-0.2, -0.15) is 5.10 Å². The molecule has 0 aliphatic carbocycles. The van der Waals surface area contributed by atoms with Crippen molar-refractivity contribution < 1.29 is 9.53 Å². The fourth-order valence-electron chi connectivity index (χ4n) is 2.88. The van der Waals surface area contributed by atoms with Crippen LogP contribution in [-0.4, -0.2) is 27.8 Å². The third-order valence-corrected chi connectivity index (χ3v) is 4.14. The summed E-state index contributed by atoms with van der Waals surface area (Å²) in [5.41, 5.74) is 10.1. The van der Waals surface area contributed by atoms with E-state index < -0.39 is 5.91 Å². The summed E-state index contributed by atoms with van der Waals surface area (Å²) in [4.78, 5) is 16.3. The van der Waals surface area contributed by atoms with Crippen LogP contribution >= 0.6 is 0 Å². The zero-order chi connectivity index (χ0) is 18.0. The molecule has 3 aromatic rings. The zero-order valence-corrected chi connectivity index (χ0v) is 14.5. The van der Waals surface area contributed by atoms with E-state index in [1.807, 2.05) is 44.2 Å². The van der Waals surface area contributed by atoms with Crippen LogP contribution in [0.4, 0.5) is 0 Å². The molecule has 6 heteroatoms. The van der Waals surface area contributed by atoms with Gasteiger partial charge in [-0.3, -0.25) is 14.5 Å². The second kappa shape index (κ2) is 6.76. The van der Waals surface area contributed by atoms with Crippen molar-refractivity contribution in [3.63, 3.8) is 0 Å². The minimum atomic E-state index is -0.503. The lowest BCUT2D eigenvalue weighted by Crippen LogP contribution is -2.11. The van der Waals surface area contributed by atoms with Crippen LogP contribution in [0.2, 0.25) is 0 Å². The molecule has 0 aliphatic heterocycles. The van der Waals surface area contributed by atoms with Crippen LogP contribution in [0, 0.1) is 13.8 Å². The Bertz CT molecular complexity index is 917. The summed E-state index contributed by atoms with van der Waals surface area (Å²) in [6, 6.07) is 9.51. The summed E-state index contributed by atoms with van der Waals surface area (Å²) in [6.45, 7) is 4.34. The van der Waals surface area contributed by atoms with Crippen molar-refractivity contribution in [2.45, 2.75) is 20.4 Å². The highest BCUT2D eigenvalue weighted by molar-refractivity contribution is 5.98. The Labute approximate surface area is 146 Å². The molecule has 128 valence electrons. The number of amides is 1. The summed E-state index contributed by atoms with van der Waals surface area (Å²) in [6.07, 6.45) is 3.44. The topological polar surface area (TPSA) is 83.0 Å². The molecule has 0 saturated heterocycles. The molecule has 25 heavy (non-hydrogen) atoms. The van der Waals surface area contributed by atoms with Crippen molar-refractivity contribution in [2.75, 3.05) is 7.11 Å². The maximum absolute atomic E-state index is 11.8. The third kappa shape index (κ3) is 3.24. The number of pyridine rings is 1. The molecular weight excluding hydrogens is 316 g/mol. The van der Waals surface area contributed by atoms with Crippen LogP contribution in [0.15, 0.2) is 42.7 Å². The van der Waals surface area contributed by atoms with Gasteiger partial charge in [-0.25, -0.2) is 0 Å². The van der Waals surface area contributed by atoms with Crippen LogP contribution in [0.5, 0.6) is 5.75 Å². The van der Waals surface area contributed by atoms with Gasteiger partial charge in [0.25, 0.3) is 5.91 Å². The van der Waals surface area contributed by atoms with Gasteiger partial charge in [-0.05, 0) is 13.8 Å². The van der Waals surface area contributed by atoms with Crippen LogP contribution in [0.25, 0.3) is 11.3 Å². The van der Waals surface area contributed by atoms with Crippen LogP contribution in [-0.2, 0) is 6.54 Å². The van der Waals surface area contributed by atoms with E-state index in [1.165, 1.54) is 0 Å². The Morgan fingerprint density at radius 2 is 1.96 bits per heavy atom. The molecule has 6 nitrogen and oxygen atoms in total. The molecular formula is C19H20N4O2. The molecule has 3 rings (SSSR count). The predicted molar refractivity (Wildman–Crippen MR) is 95.5 cm³/mol. The maximum Gasteiger partial charge on any atom is 0.252 e. The van der Waals surface area contributed by atoms with Gasteiger partial charge in [-0.1, -0.05) is 30.3 Å². The normalized spacial score (nSPS) is 10.7. The van der Waals surface area contributed by atoms with Crippen molar-refractivity contribution in [3.8, 4) is 17.0 Å². The average Bonchev–Trinajstić information content (AvgIpc) is 3.03. The van der Waals surface area contributed by atoms with Gasteiger partial charge in [0.05, 0.1) is 24.9 Å². The van der Waals surface area contributed by atoms with Crippen molar-refractivity contribution in [2.24, 2.45) is 5.73 Å². The molecule has 0 bridgehead atoms. The van der Waals surface area contributed by atoms with E-state index in [9.17, 15) is 4.79 Å². The standard InChI is InChI=1S/C19H20N4O2/c1-12-9-21-16(13(2)18(12)25-3)11-23-10-15(19(20)24)17(22-23)14-7-5-4-6-8-14/h4-10H,11H2,1-3H3,(H2,20,24). The molecule has 2 heterocycles. The number of primary amides is 1. The van der Waals surface area contributed by atoms with E-state index in [4.69, 9.17) is 10.5 Å². The van der Waals surface area contributed by atoms with Gasteiger partial charge in [-0.15, -0.1) is 0 Å². The van der Waals surface area contributed by atoms with Gasteiger partial charge in [0.1, 0.15) is 11.4 Å². The Morgan fingerprint density at radius 3 is 2.60 bits per heavy atom. The van der Waals surface area contributed by atoms with E-state index in [-0.39, 0.29) is 0 Å². The first-order valence-corrected chi connectivity index (χ1v) is 7.93. The van der Waals surface area contributed by atoms with Crippen LogP contribution in [0.1, 0.15) is 27.2 Å². The SMILES string of the molecule is COc1c(C)cnc(Cn2cc(C(N)=O)c(-c3ccccc3)n2)c1C. The summed E-state index contributed by atoms with van der Waals surface area (Å²) >= 11 is 0. The van der Waals surface area contributed by atoms with Gasteiger partial charge in [0, 0.05) is 29.1 Å². The number of aromatic nitrogens is 3. The zero-order valence-electron chi connectivity index (χ0n) is 14.5. The molecule has 0 fully saturated rings. The fraction of sp³-hybridized carbons (Fsp3) is 0.211. The highest BCUT2D eigenvalue weighted by atomic mass is 16.5. The summed E-state index contributed by atoms with van der Waals surface area (Å²) < 4.78 is 7.13. The minimum absolute atomic E-state index is 0.392. The van der Waals surface area contributed by atoms with Crippen LogP contribution < -0.4 is 10.5 Å². The number of aryl methyl sites for hydroxylation is 1. The van der Waals surface area contributed by atoms with E-state index in [0.717, 1.165) is 28.1 Å². The third-order valence-electron chi connectivity index (χ3n) is 4.14. The number of carbonyl (C=O) groups is 1. The van der Waals surface area contributed by atoms with Crippen molar-refractivity contribution >= 4 is 5.91 Å². The van der Waals surface area contributed by atoms with Crippen molar-refractivity contribution in [1.82, 2.24) is 14.8 Å². The van der Waals surface area contributed by atoms with E-state index in [0.29, 0.717) is 17.8 Å². The largest absolute Gasteiger partial charge is 0.496 e. The molecule has 1 aromatic carbocycles. The number of nitrogens with zero attached hydrogens (tertiary/aromatic N) is 3. The number of rotatable bonds is 5. The number of hydrogen-bond acceptors (Lipinski definition) is 4. The number of benzene rings is 1. The number of nitrogens with two attached hydrogens (primary N) is 1. The molecule has 0 atom stereocenters. The van der Waals surface area contributed by atoms with Gasteiger partial charge < -0.3 is 10.5 Å². The monoisotopic (exact) mass is 336 g/mol. The molecule has 0 unspecified atom stereocenters. The predicted octanol–water partition coefficient (Wildman–Crippen LogP) is 2.72. The number of ether oxygens (including phenoxy) is 1. The van der Waals surface area contributed by atoms with E-state index in [2.05, 4.69) is 10.1 Å². The summed E-state index contributed by atoms with van der Waals surface area (Å²) in [5.74, 6) is 0.312. The van der Waals surface area contributed by atoms with Crippen molar-refractivity contribution in [1.29, 1.82) is 0 Å². The number of hydrogen-bond donors (Lipinski definition) is 1. The maximum atomic E-state index is 11.8. The Balaban J connectivity index is 2.01.